The van der Waals surface area contributed by atoms with Crippen molar-refractivity contribution in [2.75, 3.05) is 45.7 Å². The van der Waals surface area contributed by atoms with Gasteiger partial charge >= 0.3 is 6.03 Å². The Kier molecular flexibility index (Phi) is 8.19. The number of nitrogens with one attached hydrogen (secondary N) is 3. The van der Waals surface area contributed by atoms with Crippen LogP contribution in [0.15, 0.2) is 49.0 Å². The van der Waals surface area contributed by atoms with Crippen LogP contribution >= 0.6 is 11.6 Å². The van der Waals surface area contributed by atoms with Crippen LogP contribution in [0.2, 0.25) is 5.02 Å². The Morgan fingerprint density at radius 2 is 1.79 bits per heavy atom. The predicted octanol–water partition coefficient (Wildman–Crippen LogP) is 3.91. The van der Waals surface area contributed by atoms with Gasteiger partial charge in [-0.25, -0.2) is 4.79 Å². The number of benzene rings is 2. The molecular weight excluding hydrogens is 454 g/mol. The highest BCUT2D eigenvalue weighted by Crippen LogP contribution is 2.25. The van der Waals surface area contributed by atoms with Gasteiger partial charge in [-0.3, -0.25) is 15.1 Å². The highest BCUT2D eigenvalue weighted by Gasteiger charge is 2.25. The minimum absolute atomic E-state index is 0.135. The topological polar surface area (TPSA) is 85.9 Å². The highest BCUT2D eigenvalue weighted by atomic mass is 35.5. The first-order valence-electron chi connectivity index (χ1n) is 11.1. The molecule has 0 spiro atoms. The molecule has 2 aromatic rings. The Morgan fingerprint density at radius 3 is 2.47 bits per heavy atom. The lowest BCUT2D eigenvalue weighted by molar-refractivity contribution is 0.0664. The average molecular weight is 486 g/mol. The number of likely N-dealkylation sites (N-methyl/N-ethyl adjacent to an activating group) is 1. The number of anilines is 1. The number of hydrogen-bond donors (Lipinski definition) is 3. The van der Waals surface area contributed by atoms with Gasteiger partial charge in [0.2, 0.25) is 0 Å². The fraction of sp³-hybridized carbons (Fsp3) is 0.360. The third-order valence-electron chi connectivity index (χ3n) is 5.83. The molecule has 1 heterocycles. The molecule has 3 amide bonds. The van der Waals surface area contributed by atoms with E-state index in [0.29, 0.717) is 35.1 Å². The SMILES string of the molecule is C=C(NOC)c1cccc(C(C)(C)NC(=O)Nc2ccc(Cl)c(C(=O)N3CCN(C)CC3)c2)c1. The van der Waals surface area contributed by atoms with Crippen molar-refractivity contribution in [2.24, 2.45) is 0 Å². The van der Waals surface area contributed by atoms with Crippen molar-refractivity contribution >= 4 is 34.9 Å². The largest absolute Gasteiger partial charge is 0.336 e. The van der Waals surface area contributed by atoms with Gasteiger partial charge < -0.3 is 20.4 Å². The molecule has 2 aromatic carbocycles. The number of urea groups is 1. The van der Waals surface area contributed by atoms with Crippen LogP contribution in [0.1, 0.15) is 35.3 Å². The maximum atomic E-state index is 13.0. The maximum absolute atomic E-state index is 13.0. The predicted molar refractivity (Wildman–Crippen MR) is 136 cm³/mol. The van der Waals surface area contributed by atoms with Gasteiger partial charge in [0.05, 0.1) is 28.9 Å². The van der Waals surface area contributed by atoms with Gasteiger partial charge in [-0.1, -0.05) is 36.4 Å². The fourth-order valence-electron chi connectivity index (χ4n) is 3.74. The smallest absolute Gasteiger partial charge is 0.319 e. The number of carbonyl (C=O) groups excluding carboxylic acids is 2. The van der Waals surface area contributed by atoms with Gasteiger partial charge in [0.15, 0.2) is 0 Å². The lowest BCUT2D eigenvalue weighted by Gasteiger charge is -2.32. The molecule has 8 nitrogen and oxygen atoms in total. The van der Waals surface area contributed by atoms with E-state index in [2.05, 4.69) is 27.6 Å². The number of hydroxylamine groups is 1. The Bertz CT molecular complexity index is 1060. The molecule has 1 fully saturated rings. The number of rotatable bonds is 7. The number of nitrogens with zero attached hydrogens (tertiary/aromatic N) is 2. The van der Waals surface area contributed by atoms with E-state index in [-0.39, 0.29) is 5.91 Å². The molecule has 0 bridgehead atoms. The zero-order valence-corrected chi connectivity index (χ0v) is 20.8. The lowest BCUT2D eigenvalue weighted by Crippen LogP contribution is -2.47. The van der Waals surface area contributed by atoms with Crippen LogP contribution in [0.4, 0.5) is 10.5 Å². The number of halogens is 1. The van der Waals surface area contributed by atoms with Crippen molar-refractivity contribution in [3.05, 3.63) is 70.8 Å². The van der Waals surface area contributed by atoms with Gasteiger partial charge in [-0.05, 0) is 56.3 Å². The molecule has 1 aliphatic rings. The number of piperazine rings is 1. The third-order valence-corrected chi connectivity index (χ3v) is 6.16. The Labute approximate surface area is 205 Å². The summed E-state index contributed by atoms with van der Waals surface area (Å²) in [6.45, 7) is 10.7. The Balaban J connectivity index is 1.70. The van der Waals surface area contributed by atoms with Crippen molar-refractivity contribution in [3.8, 4) is 0 Å². The summed E-state index contributed by atoms with van der Waals surface area (Å²) in [5.74, 6) is -0.135. The summed E-state index contributed by atoms with van der Waals surface area (Å²) in [7, 11) is 3.55. The average Bonchev–Trinajstić information content (AvgIpc) is 2.80. The first-order chi connectivity index (χ1) is 16.1. The molecule has 0 aromatic heterocycles. The monoisotopic (exact) mass is 485 g/mol. The van der Waals surface area contributed by atoms with Gasteiger partial charge in [-0.15, -0.1) is 0 Å². The summed E-state index contributed by atoms with van der Waals surface area (Å²) < 4.78 is 0. The summed E-state index contributed by atoms with van der Waals surface area (Å²) >= 11 is 6.32. The normalized spacial score (nSPS) is 14.4. The number of carbonyl (C=O) groups is 2. The molecular formula is C25H32ClN5O3. The molecule has 0 saturated carbocycles. The minimum atomic E-state index is -0.682. The molecule has 0 unspecified atom stereocenters. The van der Waals surface area contributed by atoms with Crippen LogP contribution in [-0.4, -0.2) is 62.1 Å². The summed E-state index contributed by atoms with van der Waals surface area (Å²) in [4.78, 5) is 34.7. The van der Waals surface area contributed by atoms with E-state index in [1.807, 2.05) is 45.2 Å². The number of amides is 3. The van der Waals surface area contributed by atoms with Crippen molar-refractivity contribution in [2.45, 2.75) is 19.4 Å². The van der Waals surface area contributed by atoms with Crippen LogP contribution < -0.4 is 16.1 Å². The summed E-state index contributed by atoms with van der Waals surface area (Å²) in [6.07, 6.45) is 0. The van der Waals surface area contributed by atoms with E-state index in [0.717, 1.165) is 24.2 Å². The fourth-order valence-corrected chi connectivity index (χ4v) is 3.94. The van der Waals surface area contributed by atoms with E-state index < -0.39 is 11.6 Å². The van der Waals surface area contributed by atoms with Gasteiger partial charge in [0, 0.05) is 31.9 Å². The first-order valence-corrected chi connectivity index (χ1v) is 11.4. The van der Waals surface area contributed by atoms with Crippen molar-refractivity contribution < 1.29 is 14.4 Å². The minimum Gasteiger partial charge on any atom is -0.336 e. The molecule has 9 heteroatoms. The third kappa shape index (κ3) is 6.28. The molecule has 182 valence electrons. The molecule has 34 heavy (non-hydrogen) atoms. The van der Waals surface area contributed by atoms with Crippen LogP contribution in [0, 0.1) is 0 Å². The van der Waals surface area contributed by atoms with Crippen LogP contribution in [0.3, 0.4) is 0 Å². The molecule has 0 radical (unpaired) electrons. The van der Waals surface area contributed by atoms with Crippen molar-refractivity contribution in [1.82, 2.24) is 20.6 Å². The van der Waals surface area contributed by atoms with Crippen molar-refractivity contribution in [3.63, 3.8) is 0 Å². The van der Waals surface area contributed by atoms with Crippen LogP contribution in [-0.2, 0) is 10.4 Å². The van der Waals surface area contributed by atoms with E-state index >= 15 is 0 Å². The molecule has 1 aliphatic heterocycles. The Morgan fingerprint density at radius 1 is 1.09 bits per heavy atom. The quantitative estimate of drug-likeness (QED) is 0.518. The Hall–Kier alpha value is -3.07. The highest BCUT2D eigenvalue weighted by molar-refractivity contribution is 6.34. The van der Waals surface area contributed by atoms with Crippen LogP contribution in [0.25, 0.3) is 5.70 Å². The zero-order valence-electron chi connectivity index (χ0n) is 20.1. The molecule has 3 rings (SSSR count). The second-order valence-electron chi connectivity index (χ2n) is 8.86. The number of hydrogen-bond acceptors (Lipinski definition) is 5. The summed E-state index contributed by atoms with van der Waals surface area (Å²) in [5.41, 5.74) is 5.25. The molecule has 0 atom stereocenters. The molecule has 3 N–H and O–H groups in total. The van der Waals surface area contributed by atoms with Gasteiger partial charge in [0.1, 0.15) is 0 Å². The molecule has 1 saturated heterocycles. The van der Waals surface area contributed by atoms with E-state index in [4.69, 9.17) is 16.4 Å². The second kappa shape index (κ2) is 10.9. The molecule has 0 aliphatic carbocycles. The lowest BCUT2D eigenvalue weighted by atomic mass is 9.92. The van der Waals surface area contributed by atoms with E-state index in [1.54, 1.807) is 23.1 Å². The van der Waals surface area contributed by atoms with Crippen molar-refractivity contribution in [1.29, 1.82) is 0 Å². The van der Waals surface area contributed by atoms with Gasteiger partial charge in [0.25, 0.3) is 5.91 Å². The summed E-state index contributed by atoms with van der Waals surface area (Å²) in [6, 6.07) is 12.2. The zero-order chi connectivity index (χ0) is 24.9. The van der Waals surface area contributed by atoms with Crippen LogP contribution in [0.5, 0.6) is 0 Å². The first kappa shape index (κ1) is 25.6. The standard InChI is InChI=1S/C25H32ClN5O3/c1-17(29-34-5)18-7-6-8-19(15-18)25(2,3)28-24(33)27-20-9-10-22(26)21(16-20)23(32)31-13-11-30(4)12-14-31/h6-10,15-16,29H,1,11-14H2,2-5H3,(H2,27,28,33). The van der Waals surface area contributed by atoms with Gasteiger partial charge in [-0.2, -0.15) is 0 Å². The second-order valence-corrected chi connectivity index (χ2v) is 9.27. The maximum Gasteiger partial charge on any atom is 0.319 e. The summed E-state index contributed by atoms with van der Waals surface area (Å²) in [5, 5.41) is 6.16. The van der Waals surface area contributed by atoms with E-state index in [1.165, 1.54) is 7.11 Å². The van der Waals surface area contributed by atoms with E-state index in [9.17, 15) is 9.59 Å².